The zero-order valence-electron chi connectivity index (χ0n) is 7.65. The summed E-state index contributed by atoms with van der Waals surface area (Å²) in [4.78, 5) is 14.6. The zero-order valence-corrected chi connectivity index (χ0v) is 7.65. The van der Waals surface area contributed by atoms with Crippen LogP contribution in [0.5, 0.6) is 0 Å². The molecule has 0 spiro atoms. The third-order valence-corrected chi connectivity index (χ3v) is 1.46. The highest BCUT2D eigenvalue weighted by molar-refractivity contribution is 5.99. The van der Waals surface area contributed by atoms with Crippen LogP contribution in [0.15, 0.2) is 35.3 Å². The van der Waals surface area contributed by atoms with Crippen molar-refractivity contribution in [1.29, 1.82) is 0 Å². The quantitative estimate of drug-likeness (QED) is 0.371. The molecular weight excluding hydrogens is 166 g/mol. The number of aliphatic imine (C=N–C) groups is 1. The highest BCUT2D eigenvalue weighted by atomic mass is 16.5. The van der Waals surface area contributed by atoms with Crippen LogP contribution < -0.4 is 0 Å². The van der Waals surface area contributed by atoms with E-state index in [1.807, 2.05) is 30.3 Å². The molecule has 0 unspecified atom stereocenters. The molecule has 1 aromatic rings. The van der Waals surface area contributed by atoms with Crippen molar-refractivity contribution in [2.45, 2.75) is 6.92 Å². The topological polar surface area (TPSA) is 38.7 Å². The third-order valence-electron chi connectivity index (χ3n) is 1.46. The third kappa shape index (κ3) is 2.71. The molecule has 0 saturated heterocycles. The Hall–Kier alpha value is -1.64. The van der Waals surface area contributed by atoms with E-state index in [4.69, 9.17) is 4.74 Å². The fraction of sp³-hybridized carbons (Fsp3) is 0.200. The Labute approximate surface area is 77.1 Å². The van der Waals surface area contributed by atoms with Gasteiger partial charge in [0.05, 0.1) is 0 Å². The molecule has 0 radical (unpaired) electrons. The molecule has 0 heterocycles. The minimum absolute atomic E-state index is 0.355. The number of carbonyl (C=O) groups excluding carboxylic acids is 1. The van der Waals surface area contributed by atoms with Gasteiger partial charge in [-0.3, -0.25) is 9.79 Å². The Morgan fingerprint density at radius 3 is 2.38 bits per heavy atom. The number of rotatable bonds is 1. The summed E-state index contributed by atoms with van der Waals surface area (Å²) in [5, 5.41) is 0. The molecular formula is C10H11NO2. The van der Waals surface area contributed by atoms with Crippen LogP contribution >= 0.6 is 0 Å². The summed E-state index contributed by atoms with van der Waals surface area (Å²) in [6.07, 6.45) is 0. The van der Waals surface area contributed by atoms with Crippen LogP contribution in [0.25, 0.3) is 0 Å². The summed E-state index contributed by atoms with van der Waals surface area (Å²) in [7, 11) is 1.59. The van der Waals surface area contributed by atoms with E-state index in [9.17, 15) is 4.79 Å². The summed E-state index contributed by atoms with van der Waals surface area (Å²) in [5.74, 6) is -0.00227. The molecule has 3 nitrogen and oxygen atoms in total. The minimum Gasteiger partial charge on any atom is -0.407 e. The molecule has 13 heavy (non-hydrogen) atoms. The first-order valence-corrected chi connectivity index (χ1v) is 3.94. The Kier molecular flexibility index (Phi) is 3.20. The smallest absolute Gasteiger partial charge is 0.309 e. The maximum absolute atomic E-state index is 10.7. The van der Waals surface area contributed by atoms with Crippen molar-refractivity contribution >= 4 is 11.9 Å². The number of hydrogen-bond donors (Lipinski definition) is 0. The van der Waals surface area contributed by atoms with E-state index in [2.05, 4.69) is 4.99 Å². The number of esters is 1. The predicted molar refractivity (Wildman–Crippen MR) is 50.7 cm³/mol. The largest absolute Gasteiger partial charge is 0.407 e. The van der Waals surface area contributed by atoms with Gasteiger partial charge in [0.2, 0.25) is 5.90 Å². The van der Waals surface area contributed by atoms with E-state index in [1.165, 1.54) is 6.92 Å². The predicted octanol–water partition coefficient (Wildman–Crippen LogP) is 1.63. The lowest BCUT2D eigenvalue weighted by molar-refractivity contribution is -0.132. The fourth-order valence-corrected chi connectivity index (χ4v) is 0.951. The summed E-state index contributed by atoms with van der Waals surface area (Å²) in [6.45, 7) is 1.36. The van der Waals surface area contributed by atoms with E-state index in [0.29, 0.717) is 5.90 Å². The number of hydrogen-bond acceptors (Lipinski definition) is 3. The Bertz CT molecular complexity index is 317. The highest BCUT2D eigenvalue weighted by Crippen LogP contribution is 2.02. The van der Waals surface area contributed by atoms with Crippen LogP contribution in [0.3, 0.4) is 0 Å². The molecule has 0 amide bonds. The second-order valence-corrected chi connectivity index (χ2v) is 2.49. The average molecular weight is 177 g/mol. The summed E-state index contributed by atoms with van der Waals surface area (Å²) in [5.41, 5.74) is 0.806. The number of nitrogens with zero attached hydrogens (tertiary/aromatic N) is 1. The van der Waals surface area contributed by atoms with Gasteiger partial charge < -0.3 is 4.74 Å². The summed E-state index contributed by atoms with van der Waals surface area (Å²) >= 11 is 0. The Morgan fingerprint density at radius 1 is 1.31 bits per heavy atom. The van der Waals surface area contributed by atoms with Crippen molar-refractivity contribution in [1.82, 2.24) is 0 Å². The first-order valence-electron chi connectivity index (χ1n) is 3.94. The molecule has 0 aliphatic rings. The lowest BCUT2D eigenvalue weighted by Gasteiger charge is -2.03. The van der Waals surface area contributed by atoms with Crippen LogP contribution in [0.1, 0.15) is 12.5 Å². The lowest BCUT2D eigenvalue weighted by Crippen LogP contribution is -2.10. The first kappa shape index (κ1) is 9.45. The van der Waals surface area contributed by atoms with Gasteiger partial charge in [-0.15, -0.1) is 0 Å². The van der Waals surface area contributed by atoms with Gasteiger partial charge in [0, 0.05) is 19.5 Å². The van der Waals surface area contributed by atoms with Crippen LogP contribution in [0.2, 0.25) is 0 Å². The van der Waals surface area contributed by atoms with Gasteiger partial charge in [-0.25, -0.2) is 0 Å². The molecule has 0 bridgehead atoms. The lowest BCUT2D eigenvalue weighted by atomic mass is 10.2. The van der Waals surface area contributed by atoms with Gasteiger partial charge in [0.25, 0.3) is 0 Å². The maximum Gasteiger partial charge on any atom is 0.309 e. The number of ether oxygens (including phenoxy) is 1. The molecule has 0 aliphatic carbocycles. The highest BCUT2D eigenvalue weighted by Gasteiger charge is 2.04. The number of benzene rings is 1. The van der Waals surface area contributed by atoms with E-state index in [-0.39, 0.29) is 5.97 Å². The van der Waals surface area contributed by atoms with Gasteiger partial charge in [0.15, 0.2) is 0 Å². The molecule has 68 valence electrons. The van der Waals surface area contributed by atoms with Gasteiger partial charge in [0.1, 0.15) is 0 Å². The molecule has 0 saturated carbocycles. The monoisotopic (exact) mass is 177 g/mol. The van der Waals surface area contributed by atoms with E-state index >= 15 is 0 Å². The van der Waals surface area contributed by atoms with Gasteiger partial charge in [-0.2, -0.15) is 0 Å². The molecule has 0 aromatic heterocycles. The molecule has 0 aliphatic heterocycles. The standard InChI is InChI=1S/C10H11NO2/c1-8(12)13-10(11-2)9-6-4-3-5-7-9/h3-7H,1-2H3. The Morgan fingerprint density at radius 2 is 1.92 bits per heavy atom. The summed E-state index contributed by atoms with van der Waals surface area (Å²) in [6, 6.07) is 9.30. The van der Waals surface area contributed by atoms with Crippen molar-refractivity contribution in [3.05, 3.63) is 35.9 Å². The van der Waals surface area contributed by atoms with Crippen molar-refractivity contribution in [2.24, 2.45) is 4.99 Å². The van der Waals surface area contributed by atoms with Crippen molar-refractivity contribution in [3.63, 3.8) is 0 Å². The first-order chi connectivity index (χ1) is 6.24. The second-order valence-electron chi connectivity index (χ2n) is 2.49. The van der Waals surface area contributed by atoms with Gasteiger partial charge in [-0.05, 0) is 12.1 Å². The normalized spacial score (nSPS) is 11.1. The molecule has 3 heteroatoms. The van der Waals surface area contributed by atoms with E-state index in [0.717, 1.165) is 5.56 Å². The van der Waals surface area contributed by atoms with Crippen LogP contribution in [0.4, 0.5) is 0 Å². The molecule has 1 aromatic carbocycles. The van der Waals surface area contributed by atoms with Gasteiger partial charge >= 0.3 is 5.97 Å². The van der Waals surface area contributed by atoms with E-state index < -0.39 is 0 Å². The van der Waals surface area contributed by atoms with Crippen LogP contribution in [-0.4, -0.2) is 18.9 Å². The fourth-order valence-electron chi connectivity index (χ4n) is 0.951. The zero-order chi connectivity index (χ0) is 9.68. The SMILES string of the molecule is CN=C(OC(C)=O)c1ccccc1. The van der Waals surface area contributed by atoms with Crippen molar-refractivity contribution in [3.8, 4) is 0 Å². The summed E-state index contributed by atoms with van der Waals surface area (Å²) < 4.78 is 4.90. The molecule has 0 N–H and O–H groups in total. The van der Waals surface area contributed by atoms with E-state index in [1.54, 1.807) is 7.05 Å². The molecule has 1 rings (SSSR count). The van der Waals surface area contributed by atoms with Crippen LogP contribution in [0, 0.1) is 0 Å². The average Bonchev–Trinajstić information content (AvgIpc) is 2.15. The second kappa shape index (κ2) is 4.40. The molecule has 0 atom stereocenters. The van der Waals surface area contributed by atoms with Crippen molar-refractivity contribution in [2.75, 3.05) is 7.05 Å². The van der Waals surface area contributed by atoms with Gasteiger partial charge in [-0.1, -0.05) is 18.2 Å². The van der Waals surface area contributed by atoms with Crippen molar-refractivity contribution < 1.29 is 9.53 Å². The minimum atomic E-state index is -0.357. The Balaban J connectivity index is 2.86. The number of carbonyl (C=O) groups is 1. The van der Waals surface area contributed by atoms with Crippen LogP contribution in [-0.2, 0) is 9.53 Å². The maximum atomic E-state index is 10.7. The molecule has 0 fully saturated rings.